The summed E-state index contributed by atoms with van der Waals surface area (Å²) in [5.74, 6) is -6.71. The van der Waals surface area contributed by atoms with Crippen LogP contribution in [0.4, 0.5) is 8.78 Å². The normalized spacial score (nSPS) is 13.1. The smallest absolute Gasteiger partial charge is 0.379 e. The van der Waals surface area contributed by atoms with Crippen LogP contribution < -0.4 is 5.73 Å². The van der Waals surface area contributed by atoms with Gasteiger partial charge in [-0.15, -0.1) is 0 Å². The molecule has 100 valence electrons. The minimum atomic E-state index is -3.92. The van der Waals surface area contributed by atoms with E-state index in [4.69, 9.17) is 10.8 Å². The van der Waals surface area contributed by atoms with Crippen LogP contribution in [0.3, 0.4) is 0 Å². The van der Waals surface area contributed by atoms with Gasteiger partial charge < -0.3 is 20.7 Å². The van der Waals surface area contributed by atoms with Crippen molar-refractivity contribution in [3.05, 3.63) is 23.8 Å². The Morgan fingerprint density at radius 2 is 2.06 bits per heavy atom. The van der Waals surface area contributed by atoms with Gasteiger partial charge in [0, 0.05) is 0 Å². The molecular formula is C11H13F2NO4. The maximum atomic E-state index is 13.6. The summed E-state index contributed by atoms with van der Waals surface area (Å²) >= 11 is 0. The predicted molar refractivity (Wildman–Crippen MR) is 58.3 cm³/mol. The van der Waals surface area contributed by atoms with Crippen molar-refractivity contribution in [3.8, 4) is 11.5 Å². The van der Waals surface area contributed by atoms with Gasteiger partial charge in [0.25, 0.3) is 0 Å². The van der Waals surface area contributed by atoms with Gasteiger partial charge in [-0.25, -0.2) is 4.79 Å². The van der Waals surface area contributed by atoms with Crippen LogP contribution >= 0.6 is 0 Å². The Kier molecular flexibility index (Phi) is 4.07. The van der Waals surface area contributed by atoms with Crippen molar-refractivity contribution in [2.75, 3.05) is 6.61 Å². The summed E-state index contributed by atoms with van der Waals surface area (Å²) in [5.41, 5.74) is 5.09. The van der Waals surface area contributed by atoms with Crippen LogP contribution in [0.25, 0.3) is 0 Å². The molecule has 0 spiro atoms. The topological polar surface area (TPSA) is 92.8 Å². The number of carbonyl (C=O) groups excluding carboxylic acids is 1. The molecule has 0 bridgehead atoms. The molecule has 0 aromatic heterocycles. The molecule has 0 aliphatic rings. The van der Waals surface area contributed by atoms with Crippen molar-refractivity contribution >= 4 is 5.97 Å². The number of halogens is 2. The number of esters is 1. The van der Waals surface area contributed by atoms with E-state index in [9.17, 15) is 18.7 Å². The predicted octanol–water partition coefficient (Wildman–Crippen LogP) is 1.30. The summed E-state index contributed by atoms with van der Waals surface area (Å²) in [6.45, 7) is 1.20. The van der Waals surface area contributed by atoms with E-state index >= 15 is 0 Å². The molecule has 0 fully saturated rings. The van der Waals surface area contributed by atoms with Crippen LogP contribution in [0.15, 0.2) is 18.2 Å². The zero-order valence-corrected chi connectivity index (χ0v) is 9.56. The molecule has 0 saturated carbocycles. The van der Waals surface area contributed by atoms with Crippen molar-refractivity contribution in [1.29, 1.82) is 0 Å². The average Bonchev–Trinajstić information content (AvgIpc) is 2.32. The Hall–Kier alpha value is -1.89. The highest BCUT2D eigenvalue weighted by Crippen LogP contribution is 2.34. The number of hydrogen-bond donors (Lipinski definition) is 3. The van der Waals surface area contributed by atoms with E-state index in [-0.39, 0.29) is 12.2 Å². The zero-order chi connectivity index (χ0) is 13.9. The fourth-order valence-electron chi connectivity index (χ4n) is 1.30. The van der Waals surface area contributed by atoms with Gasteiger partial charge >= 0.3 is 11.9 Å². The van der Waals surface area contributed by atoms with E-state index in [0.717, 1.165) is 18.2 Å². The van der Waals surface area contributed by atoms with Crippen molar-refractivity contribution in [3.63, 3.8) is 0 Å². The fraction of sp³-hybridized carbons (Fsp3) is 0.364. The molecule has 0 amide bonds. The molecule has 0 unspecified atom stereocenters. The quantitative estimate of drug-likeness (QED) is 0.561. The Balaban J connectivity index is 3.01. The van der Waals surface area contributed by atoms with Crippen LogP contribution in [-0.2, 0) is 9.53 Å². The summed E-state index contributed by atoms with van der Waals surface area (Å²) in [7, 11) is 0. The van der Waals surface area contributed by atoms with E-state index in [0.29, 0.717) is 0 Å². The minimum Gasteiger partial charge on any atom is -0.504 e. The highest BCUT2D eigenvalue weighted by Gasteiger charge is 2.47. The second-order valence-electron chi connectivity index (χ2n) is 3.57. The van der Waals surface area contributed by atoms with E-state index in [1.54, 1.807) is 0 Å². The Morgan fingerprint density at radius 1 is 1.44 bits per heavy atom. The molecule has 0 heterocycles. The molecule has 0 aliphatic heterocycles. The number of benzene rings is 1. The molecule has 1 aromatic rings. The first-order valence-electron chi connectivity index (χ1n) is 5.13. The van der Waals surface area contributed by atoms with Crippen molar-refractivity contribution in [1.82, 2.24) is 0 Å². The minimum absolute atomic E-state index is 0.191. The van der Waals surface area contributed by atoms with Gasteiger partial charge in [0.2, 0.25) is 0 Å². The number of phenolic OH excluding ortho intramolecular Hbond substituents is 2. The van der Waals surface area contributed by atoms with E-state index in [1.165, 1.54) is 6.92 Å². The molecule has 0 aliphatic carbocycles. The van der Waals surface area contributed by atoms with Gasteiger partial charge in [0.05, 0.1) is 6.61 Å². The molecule has 1 atom stereocenters. The van der Waals surface area contributed by atoms with Crippen LogP contribution in [0.1, 0.15) is 18.5 Å². The van der Waals surface area contributed by atoms with Crippen molar-refractivity contribution in [2.24, 2.45) is 5.73 Å². The van der Waals surface area contributed by atoms with Gasteiger partial charge in [-0.05, 0) is 24.6 Å². The maximum absolute atomic E-state index is 13.6. The zero-order valence-electron chi connectivity index (χ0n) is 9.56. The van der Waals surface area contributed by atoms with Gasteiger partial charge in [0.15, 0.2) is 11.5 Å². The first-order valence-corrected chi connectivity index (χ1v) is 5.13. The number of ether oxygens (including phenoxy) is 1. The van der Waals surface area contributed by atoms with Crippen molar-refractivity contribution < 1.29 is 28.5 Å². The lowest BCUT2D eigenvalue weighted by Crippen LogP contribution is -2.41. The average molecular weight is 261 g/mol. The van der Waals surface area contributed by atoms with Crippen LogP contribution in [0.5, 0.6) is 11.5 Å². The molecule has 0 saturated heterocycles. The van der Waals surface area contributed by atoms with Crippen LogP contribution in [0, 0.1) is 0 Å². The van der Waals surface area contributed by atoms with E-state index in [1.807, 2.05) is 0 Å². The summed E-state index contributed by atoms with van der Waals surface area (Å²) in [5, 5.41) is 18.2. The first kappa shape index (κ1) is 14.2. The van der Waals surface area contributed by atoms with Gasteiger partial charge in [0.1, 0.15) is 6.04 Å². The highest BCUT2D eigenvalue weighted by atomic mass is 19.3. The standard InChI is InChI=1S/C11H13F2NO4/c1-2-18-10(17)11(12,13)9(14)6-3-4-7(15)8(16)5-6/h3-5,9,15-16H,2,14H2,1H3/t9-/m1/s1. The Bertz CT molecular complexity index is 451. The molecule has 1 aromatic carbocycles. The summed E-state index contributed by atoms with van der Waals surface area (Å²) in [6, 6.07) is 0.995. The van der Waals surface area contributed by atoms with Gasteiger partial charge in [-0.3, -0.25) is 0 Å². The first-order chi connectivity index (χ1) is 8.30. The summed E-state index contributed by atoms with van der Waals surface area (Å²) in [6.07, 6.45) is 0. The Morgan fingerprint density at radius 3 is 2.56 bits per heavy atom. The number of carbonyl (C=O) groups is 1. The fourth-order valence-corrected chi connectivity index (χ4v) is 1.30. The monoisotopic (exact) mass is 261 g/mol. The van der Waals surface area contributed by atoms with E-state index in [2.05, 4.69) is 4.74 Å². The molecule has 0 radical (unpaired) electrons. The lowest BCUT2D eigenvalue weighted by atomic mass is 10.0. The molecule has 1 rings (SSSR count). The third-order valence-corrected chi connectivity index (χ3v) is 2.30. The second kappa shape index (κ2) is 5.18. The molecule has 5 nitrogen and oxygen atoms in total. The maximum Gasteiger partial charge on any atom is 0.379 e. The lowest BCUT2D eigenvalue weighted by molar-refractivity contribution is -0.174. The van der Waals surface area contributed by atoms with Gasteiger partial charge in [-0.1, -0.05) is 6.07 Å². The number of alkyl halides is 2. The number of rotatable bonds is 4. The van der Waals surface area contributed by atoms with Gasteiger partial charge in [-0.2, -0.15) is 8.78 Å². The summed E-state index contributed by atoms with van der Waals surface area (Å²) < 4.78 is 31.4. The molecule has 4 N–H and O–H groups in total. The largest absolute Gasteiger partial charge is 0.504 e. The Labute approximate surface area is 102 Å². The third-order valence-electron chi connectivity index (χ3n) is 2.30. The van der Waals surface area contributed by atoms with Crippen LogP contribution in [-0.4, -0.2) is 28.7 Å². The number of nitrogens with two attached hydrogens (primary N) is 1. The molecular weight excluding hydrogens is 248 g/mol. The van der Waals surface area contributed by atoms with Crippen molar-refractivity contribution in [2.45, 2.75) is 18.9 Å². The third kappa shape index (κ3) is 2.67. The second-order valence-corrected chi connectivity index (χ2v) is 3.57. The summed E-state index contributed by atoms with van der Waals surface area (Å²) in [4.78, 5) is 11.1. The molecule has 7 heteroatoms. The SMILES string of the molecule is CCOC(=O)C(F)(F)[C@H](N)c1ccc(O)c(O)c1. The highest BCUT2D eigenvalue weighted by molar-refractivity contribution is 5.79. The molecule has 18 heavy (non-hydrogen) atoms. The number of aromatic hydroxyl groups is 2. The number of phenols is 2. The number of hydrogen-bond acceptors (Lipinski definition) is 5. The van der Waals surface area contributed by atoms with E-state index < -0.39 is 29.4 Å². The van der Waals surface area contributed by atoms with Crippen LogP contribution in [0.2, 0.25) is 0 Å². The lowest BCUT2D eigenvalue weighted by Gasteiger charge is -2.22.